The lowest BCUT2D eigenvalue weighted by molar-refractivity contribution is -0.148. The maximum absolute atomic E-state index is 13.1. The van der Waals surface area contributed by atoms with Crippen molar-refractivity contribution in [3.05, 3.63) is 54.1 Å². The van der Waals surface area contributed by atoms with Crippen LogP contribution in [-0.4, -0.2) is 76.9 Å². The summed E-state index contributed by atoms with van der Waals surface area (Å²) in [5.41, 5.74) is 2.37. The van der Waals surface area contributed by atoms with Crippen LogP contribution in [-0.2, 0) is 25.6 Å². The van der Waals surface area contributed by atoms with Crippen molar-refractivity contribution in [3.8, 4) is 5.75 Å². The second kappa shape index (κ2) is 14.8. The maximum Gasteiger partial charge on any atom is 0.303 e. The summed E-state index contributed by atoms with van der Waals surface area (Å²) < 4.78 is 0. The van der Waals surface area contributed by atoms with E-state index in [1.807, 2.05) is 36.2 Å². The molecular weight excluding hydrogens is 500 g/mol. The first-order valence-corrected chi connectivity index (χ1v) is 13.4. The average molecular weight is 539 g/mol. The fourth-order valence-electron chi connectivity index (χ4n) is 5.03. The third kappa shape index (κ3) is 8.73. The Balaban J connectivity index is 0.000000353. The van der Waals surface area contributed by atoms with Gasteiger partial charge in [-0.1, -0.05) is 24.3 Å². The summed E-state index contributed by atoms with van der Waals surface area (Å²) in [7, 11) is 1.86. The number of benzene rings is 2. The van der Waals surface area contributed by atoms with Crippen LogP contribution in [0.5, 0.6) is 5.75 Å². The molecule has 0 aliphatic carbocycles. The molecule has 0 spiro atoms. The largest absolute Gasteiger partial charge is 0.506 e. The lowest BCUT2D eigenvalue weighted by Crippen LogP contribution is -2.54. The quantitative estimate of drug-likeness (QED) is 0.299. The van der Waals surface area contributed by atoms with Crippen LogP contribution in [0, 0.1) is 5.92 Å². The van der Waals surface area contributed by atoms with E-state index in [9.17, 15) is 19.2 Å². The molecule has 2 heterocycles. The fourth-order valence-corrected chi connectivity index (χ4v) is 5.03. The minimum absolute atomic E-state index is 0.000945. The van der Waals surface area contributed by atoms with Crippen molar-refractivity contribution in [3.63, 3.8) is 0 Å². The molecule has 4 rings (SSSR count). The summed E-state index contributed by atoms with van der Waals surface area (Å²) in [4.78, 5) is 50.5. The lowest BCUT2D eigenvalue weighted by atomic mass is 9.92. The number of nitrogens with one attached hydrogen (secondary N) is 2. The Hall–Kier alpha value is -4.08. The van der Waals surface area contributed by atoms with Crippen LogP contribution in [0.1, 0.15) is 44.1 Å². The normalized spacial score (nSPS) is 17.4. The number of phenols is 1. The van der Waals surface area contributed by atoms with Crippen LogP contribution in [0.15, 0.2) is 48.5 Å². The monoisotopic (exact) mass is 538 g/mol. The lowest BCUT2D eigenvalue weighted by Gasteiger charge is -2.40. The molecule has 2 aliphatic heterocycles. The van der Waals surface area contributed by atoms with Gasteiger partial charge in [0, 0.05) is 38.8 Å². The van der Waals surface area contributed by atoms with E-state index in [0.29, 0.717) is 44.6 Å². The Morgan fingerprint density at radius 1 is 0.974 bits per heavy atom. The number of carbonyl (C=O) groups is 4. The molecule has 4 N–H and O–H groups in total. The number of rotatable bonds is 8. The summed E-state index contributed by atoms with van der Waals surface area (Å²) in [5.74, 6) is -0.532. The highest BCUT2D eigenvalue weighted by atomic mass is 16.4. The molecule has 2 aromatic rings. The first-order valence-electron chi connectivity index (χ1n) is 13.4. The number of para-hydroxylation sites is 2. The Bertz CT molecular complexity index is 1120. The number of carboxylic acid groups (broad SMARTS) is 1. The van der Waals surface area contributed by atoms with Gasteiger partial charge in [-0.3, -0.25) is 19.2 Å². The molecule has 210 valence electrons. The summed E-state index contributed by atoms with van der Waals surface area (Å²) in [6.45, 7) is 1.79. The van der Waals surface area contributed by atoms with Crippen LogP contribution in [0.25, 0.3) is 0 Å². The topological polar surface area (TPSA) is 139 Å². The molecule has 0 saturated carbocycles. The highest BCUT2D eigenvalue weighted by molar-refractivity contribution is 5.89. The molecule has 2 aromatic carbocycles. The molecule has 2 saturated heterocycles. The first-order chi connectivity index (χ1) is 18.8. The van der Waals surface area contributed by atoms with Gasteiger partial charge in [0.2, 0.25) is 18.2 Å². The van der Waals surface area contributed by atoms with Gasteiger partial charge in [0.05, 0.1) is 12.1 Å². The van der Waals surface area contributed by atoms with Gasteiger partial charge in [-0.05, 0) is 67.9 Å². The number of aromatic hydroxyl groups is 1. The Labute approximate surface area is 229 Å². The van der Waals surface area contributed by atoms with Crippen LogP contribution in [0.2, 0.25) is 0 Å². The number of nitrogens with zero attached hydrogens (tertiary/aromatic N) is 2. The number of aliphatic carboxylic acids is 1. The number of hydrogen-bond acceptors (Lipinski definition) is 6. The van der Waals surface area contributed by atoms with Gasteiger partial charge in [0.15, 0.2) is 0 Å². The van der Waals surface area contributed by atoms with Gasteiger partial charge in [0.1, 0.15) is 11.8 Å². The SMILES string of the molecule is CNc1ccc(CC(=O)N2CCCCC2C(=O)N2CCC(CC(=O)O)CC2)cc1.O=CNc1ccccc1O. The van der Waals surface area contributed by atoms with Crippen molar-refractivity contribution in [2.24, 2.45) is 5.92 Å². The van der Waals surface area contributed by atoms with E-state index in [-0.39, 0.29) is 35.9 Å². The van der Waals surface area contributed by atoms with E-state index < -0.39 is 5.97 Å². The second-order valence-electron chi connectivity index (χ2n) is 9.87. The molecule has 0 radical (unpaired) electrons. The highest BCUT2D eigenvalue weighted by Crippen LogP contribution is 2.25. The van der Waals surface area contributed by atoms with Crippen LogP contribution < -0.4 is 10.6 Å². The van der Waals surface area contributed by atoms with Gasteiger partial charge >= 0.3 is 5.97 Å². The van der Waals surface area contributed by atoms with Crippen molar-refractivity contribution in [2.45, 2.75) is 51.0 Å². The van der Waals surface area contributed by atoms with E-state index >= 15 is 0 Å². The van der Waals surface area contributed by atoms with Gasteiger partial charge in [0.25, 0.3) is 0 Å². The molecule has 2 fully saturated rings. The summed E-state index contributed by atoms with van der Waals surface area (Å²) in [6, 6.07) is 13.9. The number of anilines is 2. The number of carboxylic acids is 1. The number of carbonyl (C=O) groups excluding carboxylic acids is 3. The predicted molar refractivity (Wildman–Crippen MR) is 148 cm³/mol. The zero-order valence-corrected chi connectivity index (χ0v) is 22.3. The summed E-state index contributed by atoms with van der Waals surface area (Å²) >= 11 is 0. The third-order valence-corrected chi connectivity index (χ3v) is 7.21. The fraction of sp³-hybridized carbons (Fsp3) is 0.448. The number of likely N-dealkylation sites (tertiary alicyclic amines) is 2. The minimum atomic E-state index is -0.776. The third-order valence-electron chi connectivity index (χ3n) is 7.21. The standard InChI is InChI=1S/C22H31N3O4.C7H7NO2/c1-23-18-7-5-16(6-8-18)14-20(26)25-11-3-2-4-19(25)22(29)24-12-9-17(10-13-24)15-21(27)28;9-5-8-6-3-1-2-4-7(6)10/h5-8,17,19,23H,2-4,9-15H2,1H3,(H,27,28);1-5,10H,(H,8,9). The van der Waals surface area contributed by atoms with E-state index in [2.05, 4.69) is 10.6 Å². The molecule has 10 heteroatoms. The van der Waals surface area contributed by atoms with Crippen molar-refractivity contribution >= 4 is 35.6 Å². The molecule has 1 unspecified atom stereocenters. The number of piperidine rings is 2. The molecule has 2 aliphatic rings. The Morgan fingerprint density at radius 2 is 1.67 bits per heavy atom. The van der Waals surface area contributed by atoms with Gasteiger partial charge in [-0.2, -0.15) is 0 Å². The van der Waals surface area contributed by atoms with Crippen LogP contribution >= 0.6 is 0 Å². The molecule has 0 bridgehead atoms. The number of hydrogen-bond donors (Lipinski definition) is 4. The molecule has 3 amide bonds. The Kier molecular flexibility index (Phi) is 11.1. The summed E-state index contributed by atoms with van der Waals surface area (Å²) in [6.07, 6.45) is 5.01. The average Bonchev–Trinajstić information content (AvgIpc) is 2.95. The second-order valence-corrected chi connectivity index (χ2v) is 9.87. The molecule has 39 heavy (non-hydrogen) atoms. The predicted octanol–water partition coefficient (Wildman–Crippen LogP) is 3.33. The van der Waals surface area contributed by atoms with Gasteiger partial charge in [-0.25, -0.2) is 0 Å². The molecule has 1 atom stereocenters. The zero-order chi connectivity index (χ0) is 28.2. The smallest absolute Gasteiger partial charge is 0.303 e. The molecular formula is C29H38N4O6. The zero-order valence-electron chi connectivity index (χ0n) is 22.3. The number of phenolic OH excluding ortho intramolecular Hbond substituents is 1. The first kappa shape index (κ1) is 29.5. The van der Waals surface area contributed by atoms with Crippen molar-refractivity contribution in [2.75, 3.05) is 37.3 Å². The summed E-state index contributed by atoms with van der Waals surface area (Å²) in [5, 5.41) is 23.4. The van der Waals surface area contributed by atoms with Gasteiger partial charge < -0.3 is 30.6 Å². The van der Waals surface area contributed by atoms with E-state index in [1.165, 1.54) is 6.07 Å². The molecule has 0 aromatic heterocycles. The highest BCUT2D eigenvalue weighted by Gasteiger charge is 2.36. The van der Waals surface area contributed by atoms with Crippen molar-refractivity contribution in [1.82, 2.24) is 9.80 Å². The van der Waals surface area contributed by atoms with Crippen molar-refractivity contribution in [1.29, 1.82) is 0 Å². The minimum Gasteiger partial charge on any atom is -0.506 e. The maximum atomic E-state index is 13.1. The van der Waals surface area contributed by atoms with E-state index in [4.69, 9.17) is 10.2 Å². The number of amides is 3. The Morgan fingerprint density at radius 3 is 2.28 bits per heavy atom. The van der Waals surface area contributed by atoms with Crippen molar-refractivity contribution < 1.29 is 29.4 Å². The van der Waals surface area contributed by atoms with E-state index in [0.717, 1.165) is 36.9 Å². The van der Waals surface area contributed by atoms with E-state index in [1.54, 1.807) is 23.1 Å². The molecule has 10 nitrogen and oxygen atoms in total. The van der Waals surface area contributed by atoms with Crippen LogP contribution in [0.4, 0.5) is 11.4 Å². The van der Waals surface area contributed by atoms with Crippen LogP contribution in [0.3, 0.4) is 0 Å². The van der Waals surface area contributed by atoms with Gasteiger partial charge in [-0.15, -0.1) is 0 Å².